The second-order valence-electron chi connectivity index (χ2n) is 10.0. The SMILES string of the molecule is CCN1CCN(c2ccc(NC(=O)CSc3ccccc3)cc2S(=O)(=O)N[C@@H]2CCCc3ccccc32)CC1. The Morgan fingerprint density at radius 1 is 0.974 bits per heavy atom. The number of hydrogen-bond acceptors (Lipinski definition) is 6. The highest BCUT2D eigenvalue weighted by molar-refractivity contribution is 8.00. The lowest BCUT2D eigenvalue weighted by Crippen LogP contribution is -2.46. The summed E-state index contributed by atoms with van der Waals surface area (Å²) < 4.78 is 31.0. The molecule has 3 aromatic rings. The van der Waals surface area contributed by atoms with Crippen LogP contribution in [0.1, 0.15) is 36.9 Å². The second-order valence-corrected chi connectivity index (χ2v) is 12.7. The molecule has 0 bridgehead atoms. The molecule has 5 rings (SSSR count). The molecule has 1 atom stereocenters. The van der Waals surface area contributed by atoms with E-state index in [-0.39, 0.29) is 22.6 Å². The van der Waals surface area contributed by atoms with E-state index in [1.54, 1.807) is 6.07 Å². The summed E-state index contributed by atoms with van der Waals surface area (Å²) >= 11 is 1.45. The van der Waals surface area contributed by atoms with Crippen LogP contribution in [0.3, 0.4) is 0 Å². The number of likely N-dealkylation sites (N-methyl/N-ethyl adjacent to an activating group) is 1. The van der Waals surface area contributed by atoms with Crippen molar-refractivity contribution in [3.63, 3.8) is 0 Å². The van der Waals surface area contributed by atoms with Crippen molar-refractivity contribution in [1.29, 1.82) is 0 Å². The molecule has 7 nitrogen and oxygen atoms in total. The minimum atomic E-state index is -3.88. The van der Waals surface area contributed by atoms with Crippen molar-refractivity contribution < 1.29 is 13.2 Å². The maximum atomic E-state index is 14.0. The Balaban J connectivity index is 1.39. The Morgan fingerprint density at radius 2 is 1.72 bits per heavy atom. The van der Waals surface area contributed by atoms with Gasteiger partial charge in [0.1, 0.15) is 4.90 Å². The number of piperazine rings is 1. The molecule has 1 saturated heterocycles. The van der Waals surface area contributed by atoms with Crippen molar-refractivity contribution in [2.45, 2.75) is 42.0 Å². The molecule has 1 heterocycles. The summed E-state index contributed by atoms with van der Waals surface area (Å²) in [5.74, 6) is 0.0647. The number of benzene rings is 3. The highest BCUT2D eigenvalue weighted by atomic mass is 32.2. The average Bonchev–Trinajstić information content (AvgIpc) is 2.97. The molecule has 1 fully saturated rings. The number of nitrogens with one attached hydrogen (secondary N) is 2. The first-order valence-electron chi connectivity index (χ1n) is 13.6. The number of anilines is 2. The monoisotopic (exact) mass is 564 g/mol. The Kier molecular flexibility index (Phi) is 8.92. The highest BCUT2D eigenvalue weighted by Gasteiger charge is 2.30. The van der Waals surface area contributed by atoms with Crippen molar-refractivity contribution in [3.05, 3.63) is 83.9 Å². The zero-order valence-electron chi connectivity index (χ0n) is 22.3. The number of nitrogens with zero attached hydrogens (tertiary/aromatic N) is 2. The van der Waals surface area contributed by atoms with Crippen LogP contribution in [0, 0.1) is 0 Å². The maximum Gasteiger partial charge on any atom is 0.243 e. The number of rotatable bonds is 9. The van der Waals surface area contributed by atoms with Gasteiger partial charge in [-0.3, -0.25) is 4.79 Å². The van der Waals surface area contributed by atoms with E-state index in [2.05, 4.69) is 32.8 Å². The number of carbonyl (C=O) groups is 1. The predicted octanol–water partition coefficient (Wildman–Crippen LogP) is 4.92. The summed E-state index contributed by atoms with van der Waals surface area (Å²) in [6.45, 7) is 6.39. The number of aryl methyl sites for hydroxylation is 1. The normalized spacial score (nSPS) is 18.0. The molecule has 39 heavy (non-hydrogen) atoms. The van der Waals surface area contributed by atoms with Crippen LogP contribution in [0.4, 0.5) is 11.4 Å². The Labute approximate surface area is 236 Å². The molecule has 2 aliphatic rings. The van der Waals surface area contributed by atoms with E-state index in [1.165, 1.54) is 17.3 Å². The van der Waals surface area contributed by atoms with E-state index in [0.717, 1.165) is 62.4 Å². The quantitative estimate of drug-likeness (QED) is 0.359. The minimum absolute atomic E-state index is 0.175. The van der Waals surface area contributed by atoms with Crippen LogP contribution >= 0.6 is 11.8 Å². The van der Waals surface area contributed by atoms with E-state index >= 15 is 0 Å². The fourth-order valence-corrected chi connectivity index (χ4v) is 7.58. The number of hydrogen-bond donors (Lipinski definition) is 2. The van der Waals surface area contributed by atoms with Crippen LogP contribution in [0.2, 0.25) is 0 Å². The van der Waals surface area contributed by atoms with Crippen molar-refractivity contribution >= 4 is 39.1 Å². The largest absolute Gasteiger partial charge is 0.368 e. The average molecular weight is 565 g/mol. The molecule has 0 spiro atoms. The van der Waals surface area contributed by atoms with E-state index in [0.29, 0.717) is 11.4 Å². The summed E-state index contributed by atoms with van der Waals surface area (Å²) in [6.07, 6.45) is 2.66. The first kappa shape index (κ1) is 27.7. The van der Waals surface area contributed by atoms with Crippen molar-refractivity contribution in [1.82, 2.24) is 9.62 Å². The molecule has 1 aliphatic carbocycles. The number of sulfonamides is 1. The third-order valence-electron chi connectivity index (χ3n) is 7.47. The van der Waals surface area contributed by atoms with Crippen LogP contribution in [0.25, 0.3) is 0 Å². The van der Waals surface area contributed by atoms with Gasteiger partial charge >= 0.3 is 0 Å². The molecule has 206 valence electrons. The molecule has 1 amide bonds. The Hall–Kier alpha value is -2.85. The van der Waals surface area contributed by atoms with Gasteiger partial charge in [-0.25, -0.2) is 13.1 Å². The molecule has 1 aliphatic heterocycles. The summed E-state index contributed by atoms with van der Waals surface area (Å²) in [6, 6.07) is 22.8. The third kappa shape index (κ3) is 6.84. The zero-order valence-corrected chi connectivity index (χ0v) is 23.9. The molecule has 2 N–H and O–H groups in total. The van der Waals surface area contributed by atoms with Crippen LogP contribution in [0.15, 0.2) is 82.6 Å². The lowest BCUT2D eigenvalue weighted by molar-refractivity contribution is -0.113. The highest BCUT2D eigenvalue weighted by Crippen LogP contribution is 2.34. The number of thioether (sulfide) groups is 1. The molecule has 0 saturated carbocycles. The van der Waals surface area contributed by atoms with Gasteiger partial charge in [0, 0.05) is 42.8 Å². The van der Waals surface area contributed by atoms with Gasteiger partial charge < -0.3 is 15.1 Å². The molecule has 0 unspecified atom stereocenters. The smallest absolute Gasteiger partial charge is 0.243 e. The summed E-state index contributed by atoms with van der Waals surface area (Å²) in [7, 11) is -3.88. The minimum Gasteiger partial charge on any atom is -0.368 e. The van der Waals surface area contributed by atoms with Crippen LogP contribution in [-0.2, 0) is 21.2 Å². The molecular formula is C30H36N4O3S2. The summed E-state index contributed by atoms with van der Waals surface area (Å²) in [5.41, 5.74) is 3.41. The number of carbonyl (C=O) groups excluding carboxylic acids is 1. The predicted molar refractivity (Wildman–Crippen MR) is 159 cm³/mol. The molecular weight excluding hydrogens is 528 g/mol. The molecule has 3 aromatic carbocycles. The third-order valence-corrected chi connectivity index (χ3v) is 9.99. The van der Waals surface area contributed by atoms with Crippen molar-refractivity contribution in [2.24, 2.45) is 0 Å². The van der Waals surface area contributed by atoms with E-state index in [1.807, 2.05) is 60.7 Å². The van der Waals surface area contributed by atoms with E-state index in [9.17, 15) is 13.2 Å². The Bertz CT molecular complexity index is 1390. The Morgan fingerprint density at radius 3 is 2.49 bits per heavy atom. The lowest BCUT2D eigenvalue weighted by Gasteiger charge is -2.36. The van der Waals surface area contributed by atoms with Gasteiger partial charge in [0.05, 0.1) is 11.4 Å². The van der Waals surface area contributed by atoms with Gasteiger partial charge in [0.25, 0.3) is 0 Å². The zero-order chi connectivity index (χ0) is 27.2. The first-order valence-corrected chi connectivity index (χ1v) is 16.1. The van der Waals surface area contributed by atoms with Gasteiger partial charge in [0.15, 0.2) is 0 Å². The molecule has 0 radical (unpaired) electrons. The number of fused-ring (bicyclic) bond motifs is 1. The fourth-order valence-electron chi connectivity index (χ4n) is 5.36. The van der Waals surface area contributed by atoms with Gasteiger partial charge in [0.2, 0.25) is 15.9 Å². The van der Waals surface area contributed by atoms with Crippen LogP contribution < -0.4 is 14.9 Å². The van der Waals surface area contributed by atoms with E-state index in [4.69, 9.17) is 0 Å². The number of amides is 1. The lowest BCUT2D eigenvalue weighted by atomic mass is 9.88. The topological polar surface area (TPSA) is 81.8 Å². The first-order chi connectivity index (χ1) is 18.9. The fraction of sp³-hybridized carbons (Fsp3) is 0.367. The van der Waals surface area contributed by atoms with Crippen LogP contribution in [0.5, 0.6) is 0 Å². The van der Waals surface area contributed by atoms with Gasteiger partial charge in [-0.2, -0.15) is 0 Å². The van der Waals surface area contributed by atoms with Crippen molar-refractivity contribution in [3.8, 4) is 0 Å². The van der Waals surface area contributed by atoms with Crippen LogP contribution in [-0.4, -0.2) is 57.7 Å². The molecule has 9 heteroatoms. The van der Waals surface area contributed by atoms with Gasteiger partial charge in [-0.05, 0) is 67.3 Å². The van der Waals surface area contributed by atoms with Crippen molar-refractivity contribution in [2.75, 3.05) is 48.7 Å². The second kappa shape index (κ2) is 12.6. The summed E-state index contributed by atoms with van der Waals surface area (Å²) in [5, 5.41) is 2.91. The van der Waals surface area contributed by atoms with Gasteiger partial charge in [-0.1, -0.05) is 49.4 Å². The maximum absolute atomic E-state index is 14.0. The van der Waals surface area contributed by atoms with Gasteiger partial charge in [-0.15, -0.1) is 11.8 Å². The standard InChI is InChI=1S/C30H36N4O3S2/c1-2-33-17-19-34(20-18-33)28-16-15-24(31-30(35)22-38-25-11-4-3-5-12-25)21-29(28)39(36,37)32-27-14-8-10-23-9-6-7-13-26(23)27/h3-7,9,11-13,15-16,21,27,32H,2,8,10,14,17-20,22H2,1H3,(H,31,35)/t27-/m1/s1. The summed E-state index contributed by atoms with van der Waals surface area (Å²) in [4.78, 5) is 18.5. The van der Waals surface area contributed by atoms with E-state index < -0.39 is 10.0 Å². The molecule has 0 aromatic heterocycles.